The lowest BCUT2D eigenvalue weighted by molar-refractivity contribution is 0.251. The first-order valence-corrected chi connectivity index (χ1v) is 9.91. The number of hydrogen-bond donors (Lipinski definition) is 2. The summed E-state index contributed by atoms with van der Waals surface area (Å²) in [7, 11) is 1.98. The summed E-state index contributed by atoms with van der Waals surface area (Å²) < 4.78 is 0. The fourth-order valence-electron chi connectivity index (χ4n) is 3.68. The van der Waals surface area contributed by atoms with Crippen LogP contribution in [0.2, 0.25) is 0 Å². The van der Waals surface area contributed by atoms with Crippen molar-refractivity contribution in [2.45, 2.75) is 45.8 Å². The highest BCUT2D eigenvalue weighted by molar-refractivity contribution is 5.36. The third-order valence-corrected chi connectivity index (χ3v) is 5.25. The molecule has 1 aliphatic rings. The van der Waals surface area contributed by atoms with E-state index >= 15 is 0 Å². The van der Waals surface area contributed by atoms with Gasteiger partial charge in [-0.1, -0.05) is 75.0 Å². The zero-order valence-corrected chi connectivity index (χ0v) is 16.8. The predicted molar refractivity (Wildman–Crippen MR) is 114 cm³/mol. The van der Waals surface area contributed by atoms with Crippen LogP contribution < -0.4 is 10.6 Å². The number of allylic oxidation sites excluding steroid dienone is 1. The van der Waals surface area contributed by atoms with Crippen LogP contribution in [0.15, 0.2) is 78.3 Å². The van der Waals surface area contributed by atoms with Gasteiger partial charge in [0.1, 0.15) is 12.0 Å². The molecular formula is C24H31N3. The number of hydrogen-bond acceptors (Lipinski definition) is 3. The number of nitrogens with one attached hydrogen (secondary N) is 2. The molecule has 0 aliphatic carbocycles. The van der Waals surface area contributed by atoms with E-state index in [1.54, 1.807) is 0 Å². The summed E-state index contributed by atoms with van der Waals surface area (Å²) in [5, 5.41) is 7.05. The molecule has 0 saturated heterocycles. The highest BCUT2D eigenvalue weighted by Crippen LogP contribution is 2.30. The zero-order valence-electron chi connectivity index (χ0n) is 16.8. The minimum atomic E-state index is 0.207. The van der Waals surface area contributed by atoms with Gasteiger partial charge in [-0.25, -0.2) is 0 Å². The van der Waals surface area contributed by atoms with E-state index in [0.29, 0.717) is 0 Å². The molecule has 3 heteroatoms. The molecule has 2 aromatic carbocycles. The number of nitrogens with zero attached hydrogens (tertiary/aromatic N) is 1. The lowest BCUT2D eigenvalue weighted by Crippen LogP contribution is -2.39. The molecule has 1 aliphatic heterocycles. The lowest BCUT2D eigenvalue weighted by atomic mass is 10.0. The van der Waals surface area contributed by atoms with Crippen LogP contribution in [0, 0.1) is 0 Å². The van der Waals surface area contributed by atoms with Crippen molar-refractivity contribution in [2.24, 2.45) is 0 Å². The maximum absolute atomic E-state index is 4.33. The van der Waals surface area contributed by atoms with Gasteiger partial charge in [-0.15, -0.1) is 0 Å². The van der Waals surface area contributed by atoms with Crippen molar-refractivity contribution in [1.29, 1.82) is 0 Å². The van der Waals surface area contributed by atoms with Crippen LogP contribution in [0.4, 0.5) is 0 Å². The van der Waals surface area contributed by atoms with Gasteiger partial charge < -0.3 is 15.5 Å². The largest absolute Gasteiger partial charge is 0.373 e. The average molecular weight is 362 g/mol. The quantitative estimate of drug-likeness (QED) is 0.721. The van der Waals surface area contributed by atoms with Crippen LogP contribution in [0.25, 0.3) is 0 Å². The Morgan fingerprint density at radius 1 is 1.04 bits per heavy atom. The summed E-state index contributed by atoms with van der Waals surface area (Å²) in [6.07, 6.45) is 3.16. The Hall–Kier alpha value is -2.68. The minimum absolute atomic E-state index is 0.207. The molecular weight excluding hydrogens is 330 g/mol. The Bertz CT molecular complexity index is 807. The molecule has 3 nitrogen and oxygen atoms in total. The first kappa shape index (κ1) is 19.1. The summed E-state index contributed by atoms with van der Waals surface area (Å²) in [5.41, 5.74) is 6.43. The molecule has 3 rings (SSSR count). The van der Waals surface area contributed by atoms with E-state index in [1.165, 1.54) is 22.4 Å². The number of rotatable bonds is 8. The maximum atomic E-state index is 4.33. The van der Waals surface area contributed by atoms with Gasteiger partial charge in [-0.3, -0.25) is 0 Å². The van der Waals surface area contributed by atoms with Gasteiger partial charge in [-0.05, 0) is 35.1 Å². The summed E-state index contributed by atoms with van der Waals surface area (Å²) in [6.45, 7) is 9.58. The maximum Gasteiger partial charge on any atom is 0.124 e. The summed E-state index contributed by atoms with van der Waals surface area (Å²) in [6, 6.07) is 19.6. The van der Waals surface area contributed by atoms with E-state index in [9.17, 15) is 0 Å². The molecule has 0 radical (unpaired) electrons. The first-order valence-electron chi connectivity index (χ1n) is 9.91. The van der Waals surface area contributed by atoms with E-state index in [4.69, 9.17) is 0 Å². The monoisotopic (exact) mass is 361 g/mol. The molecule has 0 bridgehead atoms. The Balaban J connectivity index is 1.90. The molecule has 142 valence electrons. The van der Waals surface area contributed by atoms with Crippen molar-refractivity contribution in [3.63, 3.8) is 0 Å². The molecule has 2 N–H and O–H groups in total. The van der Waals surface area contributed by atoms with E-state index in [0.717, 1.165) is 37.2 Å². The summed E-state index contributed by atoms with van der Waals surface area (Å²) in [5.74, 6) is 1.08. The van der Waals surface area contributed by atoms with Crippen molar-refractivity contribution in [3.05, 3.63) is 95.0 Å². The molecule has 0 amide bonds. The van der Waals surface area contributed by atoms with Crippen LogP contribution in [0.1, 0.15) is 37.0 Å². The second-order valence-electron chi connectivity index (χ2n) is 7.08. The fourth-order valence-corrected chi connectivity index (χ4v) is 3.68. The Labute approximate surface area is 163 Å². The van der Waals surface area contributed by atoms with Gasteiger partial charge in [-0.2, -0.15) is 0 Å². The lowest BCUT2D eigenvalue weighted by Gasteiger charge is -2.30. The Kier molecular flexibility index (Phi) is 6.23. The molecule has 27 heavy (non-hydrogen) atoms. The number of aryl methyl sites for hydroxylation is 1. The summed E-state index contributed by atoms with van der Waals surface area (Å²) >= 11 is 0. The third-order valence-electron chi connectivity index (χ3n) is 5.25. The van der Waals surface area contributed by atoms with E-state index < -0.39 is 0 Å². The van der Waals surface area contributed by atoms with Crippen LogP contribution in [0.3, 0.4) is 0 Å². The summed E-state index contributed by atoms with van der Waals surface area (Å²) in [4.78, 5) is 2.46. The van der Waals surface area contributed by atoms with E-state index in [-0.39, 0.29) is 6.17 Å². The number of benzene rings is 2. The zero-order chi connectivity index (χ0) is 19.2. The minimum Gasteiger partial charge on any atom is -0.373 e. The smallest absolute Gasteiger partial charge is 0.124 e. The van der Waals surface area contributed by atoms with Crippen molar-refractivity contribution in [2.75, 3.05) is 7.05 Å². The molecule has 0 fully saturated rings. The van der Waals surface area contributed by atoms with Gasteiger partial charge >= 0.3 is 0 Å². The van der Waals surface area contributed by atoms with Gasteiger partial charge in [0, 0.05) is 20.0 Å². The highest BCUT2D eigenvalue weighted by Gasteiger charge is 2.32. The van der Waals surface area contributed by atoms with Crippen molar-refractivity contribution in [3.8, 4) is 0 Å². The second kappa shape index (κ2) is 8.81. The van der Waals surface area contributed by atoms with Crippen LogP contribution in [0.5, 0.6) is 0 Å². The SMILES string of the molecule is C=C(CC)C1=C(NC)NC(Cc2cccc(CC)c2)N1Cc1ccccc1. The normalized spacial score (nSPS) is 16.4. The standard InChI is InChI=1S/C24H31N3/c1-5-18(3)23-24(25-4)26-22(16-21-14-10-13-19(6-2)15-21)27(23)17-20-11-8-7-9-12-20/h7-15,22,25-26H,3,5-6,16-17H2,1-2,4H3. The molecule has 0 spiro atoms. The molecule has 2 aromatic rings. The average Bonchev–Trinajstić information content (AvgIpc) is 3.05. The highest BCUT2D eigenvalue weighted by atomic mass is 15.4. The Morgan fingerprint density at radius 3 is 2.41 bits per heavy atom. The molecule has 0 aromatic heterocycles. The Morgan fingerprint density at radius 2 is 1.74 bits per heavy atom. The molecule has 1 unspecified atom stereocenters. The molecule has 1 heterocycles. The van der Waals surface area contributed by atoms with Crippen molar-refractivity contribution >= 4 is 0 Å². The fraction of sp³-hybridized carbons (Fsp3) is 0.333. The third kappa shape index (κ3) is 4.36. The van der Waals surface area contributed by atoms with Gasteiger partial charge in [0.2, 0.25) is 0 Å². The first-order chi connectivity index (χ1) is 13.2. The molecule has 0 saturated carbocycles. The van der Waals surface area contributed by atoms with E-state index in [1.807, 2.05) is 7.05 Å². The van der Waals surface area contributed by atoms with E-state index in [2.05, 4.69) is 90.6 Å². The topological polar surface area (TPSA) is 27.3 Å². The second-order valence-corrected chi connectivity index (χ2v) is 7.08. The van der Waals surface area contributed by atoms with Gasteiger partial charge in [0.25, 0.3) is 0 Å². The molecule has 1 atom stereocenters. The van der Waals surface area contributed by atoms with Crippen molar-refractivity contribution in [1.82, 2.24) is 15.5 Å². The van der Waals surface area contributed by atoms with Crippen LogP contribution >= 0.6 is 0 Å². The van der Waals surface area contributed by atoms with Crippen molar-refractivity contribution < 1.29 is 0 Å². The van der Waals surface area contributed by atoms with Crippen LogP contribution in [-0.2, 0) is 19.4 Å². The predicted octanol–water partition coefficient (Wildman–Crippen LogP) is 4.58. The van der Waals surface area contributed by atoms with Crippen LogP contribution in [-0.4, -0.2) is 18.1 Å². The van der Waals surface area contributed by atoms with Gasteiger partial charge in [0.15, 0.2) is 0 Å². The van der Waals surface area contributed by atoms with Gasteiger partial charge in [0.05, 0.1) is 5.70 Å².